The minimum Gasteiger partial charge on any atom is -0.236 e. The molecule has 1 aromatic heterocycles. The first kappa shape index (κ1) is 13.2. The van der Waals surface area contributed by atoms with Gasteiger partial charge in [-0.3, -0.25) is 0 Å². The summed E-state index contributed by atoms with van der Waals surface area (Å²) in [5, 5.41) is 4.39. The highest BCUT2D eigenvalue weighted by atomic mass is 35.5. The second-order valence-corrected chi connectivity index (χ2v) is 5.47. The van der Waals surface area contributed by atoms with E-state index in [2.05, 4.69) is 18.9 Å². The molecule has 0 saturated heterocycles. The quantitative estimate of drug-likeness (QED) is 0.721. The van der Waals surface area contributed by atoms with Crippen LogP contribution in [0.1, 0.15) is 37.8 Å². The van der Waals surface area contributed by atoms with Gasteiger partial charge in [0.25, 0.3) is 0 Å². The van der Waals surface area contributed by atoms with Crippen molar-refractivity contribution < 1.29 is 0 Å². The molecular weight excluding hydrogens is 244 g/mol. The molecule has 18 heavy (non-hydrogen) atoms. The van der Waals surface area contributed by atoms with E-state index in [0.29, 0.717) is 5.92 Å². The molecule has 0 bridgehead atoms. The molecule has 0 fully saturated rings. The van der Waals surface area contributed by atoms with Crippen LogP contribution in [0.25, 0.3) is 5.69 Å². The van der Waals surface area contributed by atoms with Crippen molar-refractivity contribution in [2.75, 3.05) is 0 Å². The fourth-order valence-electron chi connectivity index (χ4n) is 1.96. The summed E-state index contributed by atoms with van der Waals surface area (Å²) in [6.45, 7) is 4.44. The van der Waals surface area contributed by atoms with Crippen molar-refractivity contribution in [3.05, 3.63) is 48.3 Å². The number of alkyl halides is 1. The van der Waals surface area contributed by atoms with Gasteiger partial charge in [0.1, 0.15) is 0 Å². The summed E-state index contributed by atoms with van der Waals surface area (Å²) < 4.78 is 1.93. The van der Waals surface area contributed by atoms with E-state index in [4.69, 9.17) is 11.6 Å². The Kier molecular flexibility index (Phi) is 4.43. The predicted octanol–water partition coefficient (Wildman–Crippen LogP) is 4.59. The average Bonchev–Trinajstić information content (AvgIpc) is 2.86. The molecule has 1 unspecified atom stereocenters. The molecule has 1 heterocycles. The average molecular weight is 263 g/mol. The zero-order valence-corrected chi connectivity index (χ0v) is 11.6. The van der Waals surface area contributed by atoms with Crippen LogP contribution in [0.4, 0.5) is 0 Å². The molecule has 0 aliphatic carbocycles. The van der Waals surface area contributed by atoms with Gasteiger partial charge in [0.15, 0.2) is 0 Å². The van der Waals surface area contributed by atoms with Gasteiger partial charge in [-0.25, -0.2) is 4.68 Å². The Morgan fingerprint density at radius 1 is 1.11 bits per heavy atom. The highest BCUT2D eigenvalue weighted by Gasteiger charge is 2.14. The zero-order chi connectivity index (χ0) is 13.0. The summed E-state index contributed by atoms with van der Waals surface area (Å²) in [6.07, 6.45) is 3.93. The van der Waals surface area contributed by atoms with Crippen LogP contribution in [0.5, 0.6) is 0 Å². The third kappa shape index (κ3) is 3.14. The van der Waals surface area contributed by atoms with Crippen LogP contribution in [0.2, 0.25) is 0 Å². The van der Waals surface area contributed by atoms with E-state index >= 15 is 0 Å². The molecule has 3 heteroatoms. The van der Waals surface area contributed by atoms with Gasteiger partial charge in [0.05, 0.1) is 16.8 Å². The smallest absolute Gasteiger partial charge is 0.0759 e. The largest absolute Gasteiger partial charge is 0.236 e. The number of nitrogens with zero attached hydrogens (tertiary/aromatic N) is 2. The number of aromatic nitrogens is 2. The first-order chi connectivity index (χ1) is 8.68. The number of hydrogen-bond donors (Lipinski definition) is 0. The Bertz CT molecular complexity index is 476. The van der Waals surface area contributed by atoms with Crippen molar-refractivity contribution in [1.29, 1.82) is 0 Å². The molecular formula is C15H19ClN2. The van der Waals surface area contributed by atoms with E-state index < -0.39 is 0 Å². The van der Waals surface area contributed by atoms with E-state index in [-0.39, 0.29) is 5.38 Å². The van der Waals surface area contributed by atoms with E-state index in [1.54, 1.807) is 0 Å². The van der Waals surface area contributed by atoms with Gasteiger partial charge in [0, 0.05) is 6.20 Å². The summed E-state index contributed by atoms with van der Waals surface area (Å²) in [6, 6.07) is 12.1. The van der Waals surface area contributed by atoms with Crippen molar-refractivity contribution in [2.24, 2.45) is 5.92 Å². The summed E-state index contributed by atoms with van der Waals surface area (Å²) in [5.41, 5.74) is 2.14. The lowest BCUT2D eigenvalue weighted by Crippen LogP contribution is -2.05. The maximum absolute atomic E-state index is 6.49. The van der Waals surface area contributed by atoms with Crippen LogP contribution >= 0.6 is 11.6 Å². The predicted molar refractivity (Wildman–Crippen MR) is 76.2 cm³/mol. The van der Waals surface area contributed by atoms with E-state index in [1.165, 1.54) is 0 Å². The van der Waals surface area contributed by atoms with Crippen LogP contribution < -0.4 is 0 Å². The van der Waals surface area contributed by atoms with Gasteiger partial charge in [-0.15, -0.1) is 11.6 Å². The van der Waals surface area contributed by atoms with Crippen molar-refractivity contribution in [2.45, 2.75) is 32.1 Å². The molecule has 96 valence electrons. The minimum atomic E-state index is 0.0232. The SMILES string of the molecule is CC(C)CCC(Cl)c1ccnn1-c1ccccc1. The van der Waals surface area contributed by atoms with Gasteiger partial charge in [-0.05, 0) is 37.0 Å². The third-order valence-corrected chi connectivity index (χ3v) is 3.43. The number of para-hydroxylation sites is 1. The van der Waals surface area contributed by atoms with E-state index in [9.17, 15) is 0 Å². The highest BCUT2D eigenvalue weighted by Crippen LogP contribution is 2.28. The standard InChI is InChI=1S/C15H19ClN2/c1-12(2)8-9-14(16)15-10-11-17-18(15)13-6-4-3-5-7-13/h3-7,10-12,14H,8-9H2,1-2H3. The Morgan fingerprint density at radius 3 is 2.50 bits per heavy atom. The van der Waals surface area contributed by atoms with Gasteiger partial charge < -0.3 is 0 Å². The first-order valence-corrected chi connectivity index (χ1v) is 6.85. The van der Waals surface area contributed by atoms with Gasteiger partial charge in [-0.1, -0.05) is 32.0 Å². The Balaban J connectivity index is 2.17. The molecule has 0 spiro atoms. The lowest BCUT2D eigenvalue weighted by molar-refractivity contribution is 0.541. The molecule has 2 nitrogen and oxygen atoms in total. The van der Waals surface area contributed by atoms with Crippen molar-refractivity contribution >= 4 is 11.6 Å². The van der Waals surface area contributed by atoms with Crippen LogP contribution in [-0.2, 0) is 0 Å². The van der Waals surface area contributed by atoms with E-state index in [0.717, 1.165) is 24.2 Å². The number of rotatable bonds is 5. The molecule has 0 aliphatic rings. The second kappa shape index (κ2) is 6.05. The summed E-state index contributed by atoms with van der Waals surface area (Å²) in [5.74, 6) is 0.680. The lowest BCUT2D eigenvalue weighted by atomic mass is 10.0. The maximum atomic E-state index is 6.49. The molecule has 1 aromatic carbocycles. The van der Waals surface area contributed by atoms with Crippen LogP contribution in [0, 0.1) is 5.92 Å². The van der Waals surface area contributed by atoms with Crippen molar-refractivity contribution in [1.82, 2.24) is 9.78 Å². The molecule has 2 aromatic rings. The Labute approximate surface area is 114 Å². The van der Waals surface area contributed by atoms with Crippen molar-refractivity contribution in [3.63, 3.8) is 0 Å². The number of hydrogen-bond acceptors (Lipinski definition) is 1. The number of halogens is 1. The van der Waals surface area contributed by atoms with Gasteiger partial charge in [0.2, 0.25) is 0 Å². The third-order valence-electron chi connectivity index (χ3n) is 2.99. The fraction of sp³-hybridized carbons (Fsp3) is 0.400. The first-order valence-electron chi connectivity index (χ1n) is 6.42. The second-order valence-electron chi connectivity index (χ2n) is 4.94. The maximum Gasteiger partial charge on any atom is 0.0759 e. The molecule has 2 rings (SSSR count). The Hall–Kier alpha value is -1.28. The summed E-state index contributed by atoms with van der Waals surface area (Å²) in [7, 11) is 0. The van der Waals surface area contributed by atoms with Gasteiger partial charge in [-0.2, -0.15) is 5.10 Å². The molecule has 0 radical (unpaired) electrons. The van der Waals surface area contributed by atoms with E-state index in [1.807, 2.05) is 47.3 Å². The monoisotopic (exact) mass is 262 g/mol. The molecule has 1 atom stereocenters. The van der Waals surface area contributed by atoms with Crippen LogP contribution in [-0.4, -0.2) is 9.78 Å². The summed E-state index contributed by atoms with van der Waals surface area (Å²) in [4.78, 5) is 0. The molecule has 0 N–H and O–H groups in total. The molecule has 0 saturated carbocycles. The summed E-state index contributed by atoms with van der Waals surface area (Å²) >= 11 is 6.49. The lowest BCUT2D eigenvalue weighted by Gasteiger charge is -2.13. The van der Waals surface area contributed by atoms with Crippen LogP contribution in [0.15, 0.2) is 42.6 Å². The van der Waals surface area contributed by atoms with Crippen molar-refractivity contribution in [3.8, 4) is 5.69 Å². The zero-order valence-electron chi connectivity index (χ0n) is 10.9. The van der Waals surface area contributed by atoms with Gasteiger partial charge >= 0.3 is 0 Å². The van der Waals surface area contributed by atoms with Crippen LogP contribution in [0.3, 0.4) is 0 Å². The number of benzene rings is 1. The Morgan fingerprint density at radius 2 is 1.83 bits per heavy atom. The normalized spacial score (nSPS) is 12.9. The minimum absolute atomic E-state index is 0.0232. The molecule has 0 aliphatic heterocycles. The topological polar surface area (TPSA) is 17.8 Å². The highest BCUT2D eigenvalue weighted by molar-refractivity contribution is 6.20. The molecule has 0 amide bonds. The fourth-order valence-corrected chi connectivity index (χ4v) is 2.25.